The van der Waals surface area contributed by atoms with Crippen LogP contribution < -0.4 is 5.32 Å². The molecule has 3 heteroatoms. The van der Waals surface area contributed by atoms with Crippen LogP contribution in [0.1, 0.15) is 51.4 Å². The van der Waals surface area contributed by atoms with E-state index in [-0.39, 0.29) is 23.5 Å². The number of hydrogen-bond donors (Lipinski definition) is 1. The zero-order chi connectivity index (χ0) is 14.9. The molecule has 0 aromatic heterocycles. The molecule has 1 heterocycles. The van der Waals surface area contributed by atoms with Crippen molar-refractivity contribution in [2.45, 2.75) is 53.2 Å². The summed E-state index contributed by atoms with van der Waals surface area (Å²) in [6, 6.07) is 8.40. The van der Waals surface area contributed by atoms with Crippen LogP contribution in [-0.4, -0.2) is 23.4 Å². The fraction of sp³-hybridized carbons (Fsp3) is 0.588. The van der Waals surface area contributed by atoms with Crippen molar-refractivity contribution in [2.75, 3.05) is 6.54 Å². The molecule has 0 radical (unpaired) electrons. The Labute approximate surface area is 122 Å². The molecule has 20 heavy (non-hydrogen) atoms. The van der Waals surface area contributed by atoms with Gasteiger partial charge in [-0.15, -0.1) is 0 Å². The van der Waals surface area contributed by atoms with Crippen LogP contribution in [0.3, 0.4) is 0 Å². The molecule has 1 N–H and O–H groups in total. The first-order valence-electron chi connectivity index (χ1n) is 7.45. The van der Waals surface area contributed by atoms with Gasteiger partial charge in [-0.3, -0.25) is 10.1 Å². The number of benzene rings is 1. The highest BCUT2D eigenvalue weighted by atomic mass is 16.2. The van der Waals surface area contributed by atoms with E-state index in [4.69, 9.17) is 0 Å². The third kappa shape index (κ3) is 3.21. The topological polar surface area (TPSA) is 32.3 Å². The third-order valence-corrected chi connectivity index (χ3v) is 3.70. The monoisotopic (exact) mass is 274 g/mol. The van der Waals surface area contributed by atoms with Gasteiger partial charge in [0.2, 0.25) is 5.91 Å². The van der Waals surface area contributed by atoms with Gasteiger partial charge in [-0.25, -0.2) is 0 Å². The predicted octanol–water partition coefficient (Wildman–Crippen LogP) is 3.25. The second kappa shape index (κ2) is 5.57. The van der Waals surface area contributed by atoms with E-state index in [0.29, 0.717) is 0 Å². The largest absolute Gasteiger partial charge is 0.321 e. The van der Waals surface area contributed by atoms with Gasteiger partial charge < -0.3 is 4.90 Å². The lowest BCUT2D eigenvalue weighted by Gasteiger charge is -2.31. The van der Waals surface area contributed by atoms with Crippen LogP contribution >= 0.6 is 0 Å². The second-order valence-corrected chi connectivity index (χ2v) is 6.97. The van der Waals surface area contributed by atoms with Crippen LogP contribution in [0, 0.1) is 12.3 Å². The quantitative estimate of drug-likeness (QED) is 0.917. The Hall–Kier alpha value is -1.35. The van der Waals surface area contributed by atoms with Crippen LogP contribution in [0.4, 0.5) is 0 Å². The molecule has 1 fully saturated rings. The number of carbonyl (C=O) groups excluding carboxylic acids is 1. The summed E-state index contributed by atoms with van der Waals surface area (Å²) in [6.45, 7) is 11.4. The van der Waals surface area contributed by atoms with Gasteiger partial charge in [-0.2, -0.15) is 0 Å². The zero-order valence-electron chi connectivity index (χ0n) is 13.2. The molecule has 0 spiro atoms. The number of carbonyl (C=O) groups is 1. The van der Waals surface area contributed by atoms with E-state index < -0.39 is 0 Å². The Bertz CT molecular complexity index is 473. The second-order valence-electron chi connectivity index (χ2n) is 6.97. The average molecular weight is 274 g/mol. The van der Waals surface area contributed by atoms with Gasteiger partial charge >= 0.3 is 0 Å². The van der Waals surface area contributed by atoms with Crippen molar-refractivity contribution in [3.8, 4) is 0 Å². The van der Waals surface area contributed by atoms with Crippen LogP contribution in [0.2, 0.25) is 0 Å². The molecular formula is C17H26N2O. The summed E-state index contributed by atoms with van der Waals surface area (Å²) in [5.74, 6) is 0.230. The molecule has 0 aliphatic carbocycles. The molecule has 2 unspecified atom stereocenters. The summed E-state index contributed by atoms with van der Waals surface area (Å²) >= 11 is 0. The normalized spacial score (nSPS) is 23.4. The first-order chi connectivity index (χ1) is 9.31. The van der Waals surface area contributed by atoms with Crippen LogP contribution in [-0.2, 0) is 4.79 Å². The summed E-state index contributed by atoms with van der Waals surface area (Å²) in [6.07, 6.45) is 0.842. The number of aryl methyl sites for hydroxylation is 1. The lowest BCUT2D eigenvalue weighted by Crippen LogP contribution is -2.37. The minimum atomic E-state index is -0.0522. The van der Waals surface area contributed by atoms with Crippen molar-refractivity contribution >= 4 is 5.91 Å². The predicted molar refractivity (Wildman–Crippen MR) is 82.3 cm³/mol. The lowest BCUT2D eigenvalue weighted by atomic mass is 9.95. The Balaban J connectivity index is 2.28. The molecule has 1 aliphatic heterocycles. The van der Waals surface area contributed by atoms with Crippen LogP contribution in [0.5, 0.6) is 0 Å². The number of nitrogens with one attached hydrogen (secondary N) is 1. The summed E-state index contributed by atoms with van der Waals surface area (Å²) < 4.78 is 0. The maximum atomic E-state index is 12.5. The number of hydrogen-bond acceptors (Lipinski definition) is 2. The first kappa shape index (κ1) is 15.0. The lowest BCUT2D eigenvalue weighted by molar-refractivity contribution is -0.131. The standard InChI is InChI=1S/C17H26N2O/c1-6-14-16(20)19(11-17(3,4)5)15(18-14)13-9-7-12(2)8-10-13/h7-10,14-15,18H,6,11H2,1-5H3. The fourth-order valence-corrected chi connectivity index (χ4v) is 2.68. The minimum Gasteiger partial charge on any atom is -0.321 e. The van der Waals surface area contributed by atoms with Crippen molar-refractivity contribution in [3.63, 3.8) is 0 Å². The molecule has 1 aromatic rings. The van der Waals surface area contributed by atoms with Gasteiger partial charge in [0.25, 0.3) is 0 Å². The number of amides is 1. The molecule has 0 bridgehead atoms. The highest BCUT2D eigenvalue weighted by Crippen LogP contribution is 2.30. The molecule has 1 saturated heterocycles. The van der Waals surface area contributed by atoms with Crippen LogP contribution in [0.25, 0.3) is 0 Å². The highest BCUT2D eigenvalue weighted by molar-refractivity contribution is 5.84. The smallest absolute Gasteiger partial charge is 0.241 e. The Morgan fingerprint density at radius 1 is 1.20 bits per heavy atom. The van der Waals surface area contributed by atoms with E-state index in [0.717, 1.165) is 13.0 Å². The van der Waals surface area contributed by atoms with Crippen LogP contribution in [0.15, 0.2) is 24.3 Å². The Morgan fingerprint density at radius 3 is 2.30 bits per heavy atom. The molecule has 1 aromatic carbocycles. The van der Waals surface area contributed by atoms with E-state index in [1.807, 2.05) is 4.90 Å². The van der Waals surface area contributed by atoms with Gasteiger partial charge in [0, 0.05) is 6.54 Å². The van der Waals surface area contributed by atoms with Gasteiger partial charge in [0.15, 0.2) is 0 Å². The zero-order valence-corrected chi connectivity index (χ0v) is 13.2. The molecule has 2 atom stereocenters. The fourth-order valence-electron chi connectivity index (χ4n) is 2.68. The van der Waals surface area contributed by atoms with Gasteiger partial charge in [-0.05, 0) is 24.3 Å². The van der Waals surface area contributed by atoms with Crippen molar-refractivity contribution in [1.29, 1.82) is 0 Å². The molecule has 110 valence electrons. The number of rotatable bonds is 3. The van der Waals surface area contributed by atoms with Crippen molar-refractivity contribution in [1.82, 2.24) is 10.2 Å². The van der Waals surface area contributed by atoms with Gasteiger partial charge in [0.05, 0.1) is 6.04 Å². The van der Waals surface area contributed by atoms with E-state index in [1.54, 1.807) is 0 Å². The minimum absolute atomic E-state index is 0.00674. The summed E-state index contributed by atoms with van der Waals surface area (Å²) in [7, 11) is 0. The molecule has 3 nitrogen and oxygen atoms in total. The molecule has 1 amide bonds. The molecule has 0 saturated carbocycles. The van der Waals surface area contributed by atoms with E-state index in [9.17, 15) is 4.79 Å². The Kier molecular flexibility index (Phi) is 4.19. The maximum absolute atomic E-state index is 12.5. The molecule has 2 rings (SSSR count). The summed E-state index contributed by atoms with van der Waals surface area (Å²) in [5.41, 5.74) is 2.51. The van der Waals surface area contributed by atoms with E-state index >= 15 is 0 Å². The van der Waals surface area contributed by atoms with E-state index in [1.165, 1.54) is 11.1 Å². The first-order valence-corrected chi connectivity index (χ1v) is 7.45. The SMILES string of the molecule is CCC1NC(c2ccc(C)cc2)N(CC(C)(C)C)C1=O. The molecular weight excluding hydrogens is 248 g/mol. The maximum Gasteiger partial charge on any atom is 0.241 e. The van der Waals surface area contributed by atoms with Crippen molar-refractivity contribution in [2.24, 2.45) is 5.41 Å². The van der Waals surface area contributed by atoms with Crippen molar-refractivity contribution < 1.29 is 4.79 Å². The van der Waals surface area contributed by atoms with Gasteiger partial charge in [-0.1, -0.05) is 57.5 Å². The molecule has 1 aliphatic rings. The van der Waals surface area contributed by atoms with E-state index in [2.05, 4.69) is 64.2 Å². The van der Waals surface area contributed by atoms with Crippen molar-refractivity contribution in [3.05, 3.63) is 35.4 Å². The average Bonchev–Trinajstić information content (AvgIpc) is 2.66. The Morgan fingerprint density at radius 2 is 1.80 bits per heavy atom. The summed E-state index contributed by atoms with van der Waals surface area (Å²) in [4.78, 5) is 14.5. The summed E-state index contributed by atoms with van der Waals surface area (Å²) in [5, 5.41) is 3.48. The number of nitrogens with zero attached hydrogens (tertiary/aromatic N) is 1. The third-order valence-electron chi connectivity index (χ3n) is 3.70. The highest BCUT2D eigenvalue weighted by Gasteiger charge is 2.39. The van der Waals surface area contributed by atoms with Gasteiger partial charge in [0.1, 0.15) is 6.17 Å².